The highest BCUT2D eigenvalue weighted by Crippen LogP contribution is 2.37. The van der Waals surface area contributed by atoms with E-state index in [9.17, 15) is 9.18 Å². The Labute approximate surface area is 73.8 Å². The van der Waals surface area contributed by atoms with Crippen LogP contribution in [0.5, 0.6) is 0 Å². The van der Waals surface area contributed by atoms with E-state index in [1.807, 2.05) is 0 Å². The number of hydrogen-bond donors (Lipinski definition) is 1. The maximum Gasteiger partial charge on any atom is 0.374 e. The molecule has 1 atom stereocenters. The summed E-state index contributed by atoms with van der Waals surface area (Å²) in [6, 6.07) is 6.39. The summed E-state index contributed by atoms with van der Waals surface area (Å²) in [5, 5.41) is 8.62. The second kappa shape index (κ2) is 2.53. The highest BCUT2D eigenvalue weighted by molar-refractivity contribution is 5.78. The number of hydrogen-bond acceptors (Lipinski definition) is 2. The molecule has 0 fully saturated rings. The molecule has 1 unspecified atom stereocenters. The third kappa shape index (κ3) is 1.02. The van der Waals surface area contributed by atoms with E-state index in [4.69, 9.17) is 5.11 Å². The Kier molecular flexibility index (Phi) is 1.60. The van der Waals surface area contributed by atoms with Crippen LogP contribution in [0.3, 0.4) is 0 Å². The van der Waals surface area contributed by atoms with Crippen molar-refractivity contribution < 1.29 is 19.0 Å². The predicted molar refractivity (Wildman–Crippen MR) is 41.7 cm³/mol. The molecule has 0 aliphatic carbocycles. The summed E-state index contributed by atoms with van der Waals surface area (Å²) in [6.07, 6.45) is 0. The fourth-order valence-electron chi connectivity index (χ4n) is 1.39. The number of rotatable bonds is 1. The van der Waals surface area contributed by atoms with Crippen molar-refractivity contribution in [1.82, 2.24) is 0 Å². The van der Waals surface area contributed by atoms with Crippen LogP contribution in [0, 0.1) is 0 Å². The third-order valence-electron chi connectivity index (χ3n) is 2.07. The quantitative estimate of drug-likeness (QED) is 0.714. The van der Waals surface area contributed by atoms with Gasteiger partial charge < -0.3 is 9.84 Å². The molecule has 3 nitrogen and oxygen atoms in total. The minimum Gasteiger partial charge on any atom is -0.477 e. The van der Waals surface area contributed by atoms with Crippen molar-refractivity contribution in [1.29, 1.82) is 0 Å². The number of carboxylic acids is 1. The first-order valence-corrected chi connectivity index (χ1v) is 3.79. The molecule has 0 bridgehead atoms. The van der Waals surface area contributed by atoms with Gasteiger partial charge in [-0.2, -0.15) is 4.39 Å². The molecule has 2 rings (SSSR count). The Hall–Kier alpha value is -1.42. The van der Waals surface area contributed by atoms with E-state index >= 15 is 0 Å². The summed E-state index contributed by atoms with van der Waals surface area (Å²) in [7, 11) is 0. The van der Waals surface area contributed by atoms with Crippen LogP contribution >= 0.6 is 0 Å². The van der Waals surface area contributed by atoms with Crippen molar-refractivity contribution in [2.24, 2.45) is 0 Å². The van der Waals surface area contributed by atoms with Crippen molar-refractivity contribution in [2.75, 3.05) is 0 Å². The van der Waals surface area contributed by atoms with E-state index in [1.54, 1.807) is 18.2 Å². The Morgan fingerprint density at radius 2 is 2.23 bits per heavy atom. The van der Waals surface area contributed by atoms with E-state index in [2.05, 4.69) is 4.74 Å². The number of ether oxygens (including phenoxy) is 1. The first-order valence-electron chi connectivity index (χ1n) is 3.79. The summed E-state index contributed by atoms with van der Waals surface area (Å²) in [4.78, 5) is 10.6. The maximum absolute atomic E-state index is 13.6. The Morgan fingerprint density at radius 1 is 1.54 bits per heavy atom. The highest BCUT2D eigenvalue weighted by atomic mass is 19.2. The molecule has 1 aliphatic heterocycles. The molecular weight excluding hydrogens is 175 g/mol. The van der Waals surface area contributed by atoms with Gasteiger partial charge in [0.25, 0.3) is 0 Å². The van der Waals surface area contributed by atoms with E-state index in [1.165, 1.54) is 6.07 Å². The van der Waals surface area contributed by atoms with E-state index < -0.39 is 11.8 Å². The molecule has 1 heterocycles. The molecule has 0 radical (unpaired) electrons. The van der Waals surface area contributed by atoms with Crippen molar-refractivity contribution in [2.45, 2.75) is 12.5 Å². The molecular formula is C9H7FO3. The van der Waals surface area contributed by atoms with Gasteiger partial charge in [-0.1, -0.05) is 24.3 Å². The van der Waals surface area contributed by atoms with Crippen molar-refractivity contribution >= 4 is 5.97 Å². The third-order valence-corrected chi connectivity index (χ3v) is 2.07. The largest absolute Gasteiger partial charge is 0.477 e. The smallest absolute Gasteiger partial charge is 0.374 e. The lowest BCUT2D eigenvalue weighted by Gasteiger charge is -2.13. The highest BCUT2D eigenvalue weighted by Gasteiger charge is 2.47. The maximum atomic E-state index is 13.6. The number of carbonyl (C=O) groups is 1. The van der Waals surface area contributed by atoms with Crippen LogP contribution in [0.4, 0.5) is 4.39 Å². The van der Waals surface area contributed by atoms with Crippen LogP contribution in [-0.4, -0.2) is 11.1 Å². The van der Waals surface area contributed by atoms with E-state index in [0.717, 1.165) is 0 Å². The molecule has 4 heteroatoms. The summed E-state index contributed by atoms with van der Waals surface area (Å²) in [5.41, 5.74) is 0.690. The molecule has 1 N–H and O–H groups in total. The molecule has 68 valence electrons. The predicted octanol–water partition coefficient (Wildman–Crippen LogP) is 1.42. The molecule has 1 aliphatic rings. The summed E-state index contributed by atoms with van der Waals surface area (Å²) in [6.45, 7) is 0.0129. The van der Waals surface area contributed by atoms with Crippen LogP contribution in [0.2, 0.25) is 0 Å². The Morgan fingerprint density at radius 3 is 2.92 bits per heavy atom. The standard InChI is InChI=1S/C9H7FO3/c10-9(8(11)12)7-4-2-1-3-6(7)5-13-9/h1-4H,5H2,(H,11,12). The van der Waals surface area contributed by atoms with Gasteiger partial charge in [0.1, 0.15) is 0 Å². The number of fused-ring (bicyclic) bond motifs is 1. The zero-order valence-electron chi connectivity index (χ0n) is 6.66. The van der Waals surface area contributed by atoms with Gasteiger partial charge in [-0.05, 0) is 5.56 Å². The minimum atomic E-state index is -2.66. The molecule has 13 heavy (non-hydrogen) atoms. The first kappa shape index (κ1) is 8.19. The molecule has 0 spiro atoms. The van der Waals surface area contributed by atoms with Crippen LogP contribution in [0.15, 0.2) is 24.3 Å². The number of halogens is 1. The van der Waals surface area contributed by atoms with Gasteiger partial charge in [0.15, 0.2) is 0 Å². The fraction of sp³-hybridized carbons (Fsp3) is 0.222. The van der Waals surface area contributed by atoms with Crippen molar-refractivity contribution in [3.8, 4) is 0 Å². The van der Waals surface area contributed by atoms with E-state index in [-0.39, 0.29) is 12.2 Å². The summed E-state index contributed by atoms with van der Waals surface area (Å²) < 4.78 is 18.2. The first-order chi connectivity index (χ1) is 6.14. The molecule has 1 aromatic rings. The van der Waals surface area contributed by atoms with Gasteiger partial charge in [-0.3, -0.25) is 0 Å². The SMILES string of the molecule is O=C(O)C1(F)OCc2ccccc21. The van der Waals surface area contributed by atoms with Crippen LogP contribution in [0.1, 0.15) is 11.1 Å². The van der Waals surface area contributed by atoms with Crippen molar-refractivity contribution in [3.05, 3.63) is 35.4 Å². The fourth-order valence-corrected chi connectivity index (χ4v) is 1.39. The second-order valence-electron chi connectivity index (χ2n) is 2.85. The molecule has 0 amide bonds. The minimum absolute atomic E-state index is 0.0129. The van der Waals surface area contributed by atoms with Gasteiger partial charge in [-0.25, -0.2) is 4.79 Å². The van der Waals surface area contributed by atoms with Crippen LogP contribution in [-0.2, 0) is 22.0 Å². The average Bonchev–Trinajstić information content (AvgIpc) is 2.47. The zero-order chi connectivity index (χ0) is 9.47. The lowest BCUT2D eigenvalue weighted by atomic mass is 10.0. The zero-order valence-corrected chi connectivity index (χ0v) is 6.66. The van der Waals surface area contributed by atoms with Gasteiger partial charge in [0, 0.05) is 5.56 Å². The summed E-state index contributed by atoms with van der Waals surface area (Å²) >= 11 is 0. The van der Waals surface area contributed by atoms with Gasteiger partial charge in [0.2, 0.25) is 0 Å². The van der Waals surface area contributed by atoms with Gasteiger partial charge in [0.05, 0.1) is 6.61 Å². The number of carboxylic acid groups (broad SMARTS) is 1. The number of alkyl halides is 1. The molecule has 0 saturated heterocycles. The lowest BCUT2D eigenvalue weighted by molar-refractivity contribution is -0.194. The van der Waals surface area contributed by atoms with E-state index in [0.29, 0.717) is 5.56 Å². The van der Waals surface area contributed by atoms with Crippen LogP contribution in [0.25, 0.3) is 0 Å². The van der Waals surface area contributed by atoms with Gasteiger partial charge in [-0.15, -0.1) is 0 Å². The average molecular weight is 182 g/mol. The topological polar surface area (TPSA) is 46.5 Å². The van der Waals surface area contributed by atoms with Gasteiger partial charge >= 0.3 is 11.8 Å². The Balaban J connectivity index is 2.55. The van der Waals surface area contributed by atoms with Crippen LogP contribution < -0.4 is 0 Å². The molecule has 0 aromatic heterocycles. The number of aliphatic carboxylic acids is 1. The second-order valence-corrected chi connectivity index (χ2v) is 2.85. The Bertz CT molecular complexity index is 364. The monoisotopic (exact) mass is 182 g/mol. The molecule has 1 aromatic carbocycles. The summed E-state index contributed by atoms with van der Waals surface area (Å²) in [5.74, 6) is -4.26. The number of benzene rings is 1. The van der Waals surface area contributed by atoms with Crippen molar-refractivity contribution in [3.63, 3.8) is 0 Å². The lowest BCUT2D eigenvalue weighted by Crippen LogP contribution is -2.29. The normalized spacial score (nSPS) is 25.6. The molecule has 0 saturated carbocycles.